The Labute approximate surface area is 152 Å². The molecule has 2 unspecified atom stereocenters. The van der Waals surface area contributed by atoms with Gasteiger partial charge in [-0.3, -0.25) is 4.79 Å². The van der Waals surface area contributed by atoms with Gasteiger partial charge in [0.05, 0.1) is 6.26 Å². The number of nitrogens with zero attached hydrogens (tertiary/aromatic N) is 1. The van der Waals surface area contributed by atoms with Gasteiger partial charge in [-0.25, -0.2) is 8.42 Å². The molecule has 1 amide bonds. The average molecular weight is 415 g/mol. The summed E-state index contributed by atoms with van der Waals surface area (Å²) >= 11 is 3.50. The second-order valence-electron chi connectivity index (χ2n) is 6.81. The molecule has 2 saturated heterocycles. The van der Waals surface area contributed by atoms with Gasteiger partial charge in [-0.1, -0.05) is 34.1 Å². The summed E-state index contributed by atoms with van der Waals surface area (Å²) in [5.74, 6) is 0.0444. The van der Waals surface area contributed by atoms with Crippen molar-refractivity contribution in [3.05, 3.63) is 34.3 Å². The fourth-order valence-corrected chi connectivity index (χ4v) is 5.99. The summed E-state index contributed by atoms with van der Waals surface area (Å²) < 4.78 is 26.5. The van der Waals surface area contributed by atoms with Crippen LogP contribution in [0, 0.1) is 0 Å². The number of benzene rings is 1. The first-order chi connectivity index (χ1) is 11.3. The Kier molecular flexibility index (Phi) is 5.32. The molecule has 1 aromatic rings. The molecule has 0 spiro atoms. The van der Waals surface area contributed by atoms with Crippen molar-refractivity contribution in [2.24, 2.45) is 0 Å². The lowest BCUT2D eigenvalue weighted by atomic mass is 9.99. The van der Waals surface area contributed by atoms with E-state index in [1.54, 1.807) is 4.31 Å². The summed E-state index contributed by atoms with van der Waals surface area (Å²) in [6.07, 6.45) is 5.69. The number of aryl methyl sites for hydroxylation is 1. The molecule has 1 aromatic carbocycles. The summed E-state index contributed by atoms with van der Waals surface area (Å²) in [5, 5.41) is 3.11. The van der Waals surface area contributed by atoms with Crippen LogP contribution in [-0.4, -0.2) is 43.0 Å². The number of sulfonamides is 1. The van der Waals surface area contributed by atoms with Crippen LogP contribution in [0.25, 0.3) is 0 Å². The van der Waals surface area contributed by atoms with E-state index < -0.39 is 10.0 Å². The lowest BCUT2D eigenvalue weighted by Gasteiger charge is -2.37. The Morgan fingerprint density at radius 2 is 1.88 bits per heavy atom. The molecule has 24 heavy (non-hydrogen) atoms. The van der Waals surface area contributed by atoms with Crippen LogP contribution in [0.3, 0.4) is 0 Å². The van der Waals surface area contributed by atoms with E-state index in [0.29, 0.717) is 12.8 Å². The Bertz CT molecular complexity index is 708. The highest BCUT2D eigenvalue weighted by molar-refractivity contribution is 9.10. The highest BCUT2D eigenvalue weighted by Crippen LogP contribution is 2.37. The second kappa shape index (κ2) is 7.14. The van der Waals surface area contributed by atoms with Gasteiger partial charge in [-0.05, 0) is 43.7 Å². The number of nitrogens with one attached hydrogen (secondary N) is 1. The summed E-state index contributed by atoms with van der Waals surface area (Å²) in [7, 11) is -3.15. The largest absolute Gasteiger partial charge is 0.353 e. The molecule has 2 aliphatic heterocycles. The van der Waals surface area contributed by atoms with Crippen molar-refractivity contribution >= 4 is 31.9 Å². The molecule has 0 aliphatic carbocycles. The number of carbonyl (C=O) groups excluding carboxylic acids is 1. The molecular weight excluding hydrogens is 392 g/mol. The highest BCUT2D eigenvalue weighted by atomic mass is 79.9. The van der Waals surface area contributed by atoms with Crippen LogP contribution in [0.4, 0.5) is 0 Å². The third-order valence-electron chi connectivity index (χ3n) is 4.99. The minimum Gasteiger partial charge on any atom is -0.353 e. The second-order valence-corrected chi connectivity index (χ2v) is 9.55. The molecule has 0 radical (unpaired) electrons. The fraction of sp³-hybridized carbons (Fsp3) is 0.588. The molecule has 0 aromatic heterocycles. The molecule has 2 bridgehead atoms. The normalized spacial score (nSPS) is 27.2. The van der Waals surface area contributed by atoms with E-state index in [1.807, 2.05) is 24.3 Å². The molecule has 2 aliphatic rings. The van der Waals surface area contributed by atoms with Crippen LogP contribution < -0.4 is 5.32 Å². The van der Waals surface area contributed by atoms with Gasteiger partial charge in [0.15, 0.2) is 0 Å². The molecular formula is C17H23BrN2O3S. The van der Waals surface area contributed by atoms with Crippen molar-refractivity contribution in [3.8, 4) is 0 Å². The predicted molar refractivity (Wildman–Crippen MR) is 97.1 cm³/mol. The first-order valence-electron chi connectivity index (χ1n) is 8.36. The summed E-state index contributed by atoms with van der Waals surface area (Å²) in [4.78, 5) is 12.2. The topological polar surface area (TPSA) is 66.5 Å². The lowest BCUT2D eigenvalue weighted by Crippen LogP contribution is -2.52. The zero-order valence-electron chi connectivity index (χ0n) is 13.7. The molecule has 7 heteroatoms. The van der Waals surface area contributed by atoms with Crippen LogP contribution in [0.2, 0.25) is 0 Å². The Hall–Kier alpha value is -0.920. The van der Waals surface area contributed by atoms with Crippen molar-refractivity contribution in [2.75, 3.05) is 6.26 Å². The van der Waals surface area contributed by atoms with Crippen molar-refractivity contribution in [2.45, 2.75) is 56.7 Å². The van der Waals surface area contributed by atoms with E-state index in [9.17, 15) is 13.2 Å². The minimum atomic E-state index is -3.15. The van der Waals surface area contributed by atoms with Crippen molar-refractivity contribution in [1.29, 1.82) is 0 Å². The molecule has 1 N–H and O–H groups in total. The number of rotatable bonds is 5. The fourth-order valence-electron chi connectivity index (χ4n) is 4.04. The molecule has 2 fully saturated rings. The van der Waals surface area contributed by atoms with Gasteiger partial charge in [0.25, 0.3) is 0 Å². The van der Waals surface area contributed by atoms with Gasteiger partial charge in [-0.2, -0.15) is 4.31 Å². The van der Waals surface area contributed by atoms with Gasteiger partial charge in [0, 0.05) is 29.0 Å². The SMILES string of the molecule is CS(=O)(=O)N1C2CCC1CC(NC(=O)CCc1ccccc1Br)C2. The number of hydrogen-bond acceptors (Lipinski definition) is 3. The maximum Gasteiger partial charge on any atom is 0.220 e. The third kappa shape index (κ3) is 4.00. The number of piperidine rings is 1. The van der Waals surface area contributed by atoms with E-state index in [-0.39, 0.29) is 24.0 Å². The maximum atomic E-state index is 12.2. The van der Waals surface area contributed by atoms with Crippen molar-refractivity contribution in [3.63, 3.8) is 0 Å². The first kappa shape index (κ1) is 17.9. The lowest BCUT2D eigenvalue weighted by molar-refractivity contribution is -0.122. The van der Waals surface area contributed by atoms with E-state index in [4.69, 9.17) is 0 Å². The van der Waals surface area contributed by atoms with Crippen LogP contribution in [0.15, 0.2) is 28.7 Å². The molecule has 2 atom stereocenters. The maximum absolute atomic E-state index is 12.2. The zero-order valence-corrected chi connectivity index (χ0v) is 16.1. The van der Waals surface area contributed by atoms with E-state index in [0.717, 1.165) is 35.7 Å². The van der Waals surface area contributed by atoms with Gasteiger partial charge >= 0.3 is 0 Å². The number of amides is 1. The average Bonchev–Trinajstić information content (AvgIpc) is 2.79. The van der Waals surface area contributed by atoms with Crippen LogP contribution in [0.1, 0.15) is 37.7 Å². The molecule has 3 rings (SSSR count). The van der Waals surface area contributed by atoms with Crippen LogP contribution >= 0.6 is 15.9 Å². The van der Waals surface area contributed by atoms with Crippen LogP contribution in [-0.2, 0) is 21.2 Å². The Balaban J connectivity index is 1.53. The first-order valence-corrected chi connectivity index (χ1v) is 11.0. The van der Waals surface area contributed by atoms with Gasteiger partial charge in [0.1, 0.15) is 0 Å². The molecule has 5 nitrogen and oxygen atoms in total. The molecule has 0 saturated carbocycles. The predicted octanol–water partition coefficient (Wildman–Crippen LogP) is 2.45. The van der Waals surface area contributed by atoms with Crippen molar-refractivity contribution < 1.29 is 13.2 Å². The smallest absolute Gasteiger partial charge is 0.220 e. The Morgan fingerprint density at radius 1 is 1.25 bits per heavy atom. The highest BCUT2D eigenvalue weighted by Gasteiger charge is 2.45. The quantitative estimate of drug-likeness (QED) is 0.804. The molecule has 132 valence electrons. The number of hydrogen-bond donors (Lipinski definition) is 1. The van der Waals surface area contributed by atoms with E-state index in [1.165, 1.54) is 6.26 Å². The van der Waals surface area contributed by atoms with Crippen LogP contribution in [0.5, 0.6) is 0 Å². The van der Waals surface area contributed by atoms with Gasteiger partial charge in [0.2, 0.25) is 15.9 Å². The van der Waals surface area contributed by atoms with Crippen molar-refractivity contribution in [1.82, 2.24) is 9.62 Å². The number of carbonyl (C=O) groups is 1. The number of halogens is 1. The van der Waals surface area contributed by atoms with Gasteiger partial charge in [-0.15, -0.1) is 0 Å². The van der Waals surface area contributed by atoms with E-state index in [2.05, 4.69) is 21.2 Å². The Morgan fingerprint density at radius 3 is 2.46 bits per heavy atom. The van der Waals surface area contributed by atoms with E-state index >= 15 is 0 Å². The summed E-state index contributed by atoms with van der Waals surface area (Å²) in [6.45, 7) is 0. The monoisotopic (exact) mass is 414 g/mol. The minimum absolute atomic E-state index is 0.0444. The summed E-state index contributed by atoms with van der Waals surface area (Å²) in [6, 6.07) is 8.11. The summed E-state index contributed by atoms with van der Waals surface area (Å²) in [5.41, 5.74) is 1.12. The number of fused-ring (bicyclic) bond motifs is 2. The third-order valence-corrected chi connectivity index (χ3v) is 7.13. The van der Waals surface area contributed by atoms with Gasteiger partial charge < -0.3 is 5.32 Å². The zero-order chi connectivity index (χ0) is 17.3. The molecule has 2 heterocycles. The standard InChI is InChI=1S/C17H23BrN2O3S/c1-24(22,23)20-14-7-8-15(20)11-13(10-14)19-17(21)9-6-12-4-2-3-5-16(12)18/h2-5,13-15H,6-11H2,1H3,(H,19,21).